The van der Waals surface area contributed by atoms with Gasteiger partial charge in [-0.1, -0.05) is 23.8 Å². The Morgan fingerprint density at radius 1 is 1.28 bits per heavy atom. The van der Waals surface area contributed by atoms with E-state index in [4.69, 9.17) is 9.73 Å². The van der Waals surface area contributed by atoms with Crippen molar-refractivity contribution in [1.82, 2.24) is 24.6 Å². The van der Waals surface area contributed by atoms with Gasteiger partial charge in [-0.2, -0.15) is 5.10 Å². The molecule has 2 aliphatic rings. The molecule has 0 spiro atoms. The van der Waals surface area contributed by atoms with Crippen molar-refractivity contribution in [2.45, 2.75) is 65.6 Å². The molecule has 8 nitrogen and oxygen atoms in total. The number of nitrogens with one attached hydrogen (secondary N) is 1. The lowest BCUT2D eigenvalue weighted by molar-refractivity contribution is -0.00833. The number of guanidine groups is 1. The molecule has 0 radical (unpaired) electrons. The fourth-order valence-corrected chi connectivity index (χ4v) is 4.64. The molecule has 1 saturated heterocycles. The van der Waals surface area contributed by atoms with E-state index in [1.807, 2.05) is 4.57 Å². The van der Waals surface area contributed by atoms with Gasteiger partial charge in [0, 0.05) is 39.1 Å². The van der Waals surface area contributed by atoms with E-state index < -0.39 is 0 Å². The predicted octanol–water partition coefficient (Wildman–Crippen LogP) is 2.43. The maximum Gasteiger partial charge on any atom is 0.345 e. The van der Waals surface area contributed by atoms with Crippen molar-refractivity contribution in [3.8, 4) is 0 Å². The Hall–Kier alpha value is -2.61. The van der Waals surface area contributed by atoms with Crippen LogP contribution in [0.15, 0.2) is 28.0 Å². The minimum atomic E-state index is 0.0278. The Balaban J connectivity index is 1.38. The summed E-state index contributed by atoms with van der Waals surface area (Å²) >= 11 is 0. The van der Waals surface area contributed by atoms with Gasteiger partial charge in [0.05, 0.1) is 13.2 Å². The summed E-state index contributed by atoms with van der Waals surface area (Å²) in [6.07, 6.45) is 3.93. The highest BCUT2D eigenvalue weighted by atomic mass is 16.5. The zero-order chi connectivity index (χ0) is 22.5. The van der Waals surface area contributed by atoms with E-state index in [1.165, 1.54) is 16.7 Å². The van der Waals surface area contributed by atoms with Gasteiger partial charge in [0.25, 0.3) is 0 Å². The molecule has 174 valence electrons. The molecular weight excluding hydrogens is 404 g/mol. The average molecular weight is 441 g/mol. The van der Waals surface area contributed by atoms with Gasteiger partial charge in [-0.05, 0) is 51.2 Å². The largest absolute Gasteiger partial charge is 0.370 e. The Bertz CT molecular complexity index is 1010. The van der Waals surface area contributed by atoms with Gasteiger partial charge in [0.2, 0.25) is 0 Å². The zero-order valence-corrected chi connectivity index (χ0v) is 19.6. The molecule has 1 fully saturated rings. The summed E-state index contributed by atoms with van der Waals surface area (Å²) in [6.45, 7) is 11.5. The topological polar surface area (TPSA) is 76.7 Å². The quantitative estimate of drug-likeness (QED) is 0.424. The average Bonchev–Trinajstić information content (AvgIpc) is 3.11. The molecule has 32 heavy (non-hydrogen) atoms. The highest BCUT2D eigenvalue weighted by molar-refractivity contribution is 5.80. The molecule has 3 heterocycles. The number of ether oxygens (including phenoxy) is 1. The first-order chi connectivity index (χ1) is 15.6. The molecule has 8 heteroatoms. The number of morpholine rings is 1. The van der Waals surface area contributed by atoms with Crippen molar-refractivity contribution >= 4 is 5.96 Å². The molecular formula is C24H36N6O2. The maximum atomic E-state index is 12.5. The lowest BCUT2D eigenvalue weighted by atomic mass is 10.00. The molecule has 1 unspecified atom stereocenters. The lowest BCUT2D eigenvalue weighted by Crippen LogP contribution is -2.48. The fraction of sp³-hybridized carbons (Fsp3) is 0.625. The lowest BCUT2D eigenvalue weighted by Gasteiger charge is -2.36. The number of aryl methyl sites for hydroxylation is 4. The number of fused-ring (bicyclic) bond motifs is 1. The van der Waals surface area contributed by atoms with Gasteiger partial charge in [0.1, 0.15) is 11.9 Å². The third kappa shape index (κ3) is 5.06. The van der Waals surface area contributed by atoms with Crippen molar-refractivity contribution in [1.29, 1.82) is 0 Å². The van der Waals surface area contributed by atoms with Crippen molar-refractivity contribution in [2.75, 3.05) is 32.8 Å². The SMILES string of the molecule is CCNC(=NCCCn1nc2n(c1=O)CCCC2)N1CCOC(c2ccc(C)cc2C)C1. The summed E-state index contributed by atoms with van der Waals surface area (Å²) in [6, 6.07) is 6.55. The fourth-order valence-electron chi connectivity index (χ4n) is 4.64. The van der Waals surface area contributed by atoms with E-state index in [0.29, 0.717) is 19.7 Å². The summed E-state index contributed by atoms with van der Waals surface area (Å²) in [5.41, 5.74) is 3.82. The molecule has 0 bridgehead atoms. The van der Waals surface area contributed by atoms with Crippen molar-refractivity contribution < 1.29 is 4.74 Å². The first-order valence-corrected chi connectivity index (χ1v) is 12.0. The Kier molecular flexibility index (Phi) is 7.29. The van der Waals surface area contributed by atoms with Gasteiger partial charge in [-0.15, -0.1) is 0 Å². The van der Waals surface area contributed by atoms with E-state index in [0.717, 1.165) is 63.6 Å². The number of rotatable bonds is 6. The molecule has 1 atom stereocenters. The standard InChI is InChI=1S/C24H36N6O2/c1-4-25-23(26-11-7-13-30-24(31)29-12-6-5-8-22(29)27-30)28-14-15-32-21(17-28)20-10-9-18(2)16-19(20)3/h9-10,16,21H,4-8,11-15,17H2,1-3H3,(H,25,26). The number of aliphatic imine (C=N–C) groups is 1. The second kappa shape index (κ2) is 10.3. The summed E-state index contributed by atoms with van der Waals surface area (Å²) < 4.78 is 9.56. The highest BCUT2D eigenvalue weighted by Gasteiger charge is 2.25. The van der Waals surface area contributed by atoms with Crippen LogP contribution in [0, 0.1) is 13.8 Å². The molecule has 0 aliphatic carbocycles. The highest BCUT2D eigenvalue weighted by Crippen LogP contribution is 2.26. The third-order valence-corrected chi connectivity index (χ3v) is 6.29. The van der Waals surface area contributed by atoms with Crippen molar-refractivity contribution in [3.05, 3.63) is 51.2 Å². The van der Waals surface area contributed by atoms with E-state index >= 15 is 0 Å². The smallest absolute Gasteiger partial charge is 0.345 e. The number of benzene rings is 1. The molecule has 2 aliphatic heterocycles. The molecule has 0 amide bonds. The number of hydrogen-bond acceptors (Lipinski definition) is 4. The van der Waals surface area contributed by atoms with Crippen LogP contribution in [-0.2, 0) is 24.2 Å². The molecule has 1 aromatic carbocycles. The van der Waals surface area contributed by atoms with Gasteiger partial charge >= 0.3 is 5.69 Å². The second-order valence-electron chi connectivity index (χ2n) is 8.79. The second-order valence-corrected chi connectivity index (χ2v) is 8.79. The number of aromatic nitrogens is 3. The van der Waals surface area contributed by atoms with Crippen LogP contribution < -0.4 is 11.0 Å². The van der Waals surface area contributed by atoms with Crippen LogP contribution in [0.3, 0.4) is 0 Å². The van der Waals surface area contributed by atoms with Gasteiger partial charge in [-0.25, -0.2) is 9.48 Å². The summed E-state index contributed by atoms with van der Waals surface area (Å²) in [5, 5.41) is 7.96. The van der Waals surface area contributed by atoms with Crippen LogP contribution in [0.1, 0.15) is 54.8 Å². The monoisotopic (exact) mass is 440 g/mol. The molecule has 4 rings (SSSR count). The van der Waals surface area contributed by atoms with Crippen LogP contribution in [0.25, 0.3) is 0 Å². The Morgan fingerprint density at radius 2 is 2.16 bits per heavy atom. The molecule has 2 aromatic rings. The van der Waals surface area contributed by atoms with Crippen LogP contribution in [-0.4, -0.2) is 58.0 Å². The first-order valence-electron chi connectivity index (χ1n) is 12.0. The summed E-state index contributed by atoms with van der Waals surface area (Å²) in [5.74, 6) is 1.85. The van der Waals surface area contributed by atoms with E-state index in [1.54, 1.807) is 4.68 Å². The Labute approximate surface area is 190 Å². The third-order valence-electron chi connectivity index (χ3n) is 6.29. The van der Waals surface area contributed by atoms with Gasteiger partial charge in [0.15, 0.2) is 5.96 Å². The minimum absolute atomic E-state index is 0.0278. The number of hydrogen-bond donors (Lipinski definition) is 1. The zero-order valence-electron chi connectivity index (χ0n) is 19.6. The van der Waals surface area contributed by atoms with Crippen molar-refractivity contribution in [2.24, 2.45) is 4.99 Å². The Morgan fingerprint density at radius 3 is 2.94 bits per heavy atom. The molecule has 1 N–H and O–H groups in total. The molecule has 0 saturated carbocycles. The number of nitrogens with zero attached hydrogens (tertiary/aromatic N) is 5. The van der Waals surface area contributed by atoms with E-state index in [2.05, 4.69) is 54.3 Å². The molecule has 1 aromatic heterocycles. The van der Waals surface area contributed by atoms with Gasteiger partial charge in [-0.3, -0.25) is 9.56 Å². The first kappa shape index (κ1) is 22.6. The van der Waals surface area contributed by atoms with Crippen LogP contribution in [0.4, 0.5) is 0 Å². The minimum Gasteiger partial charge on any atom is -0.370 e. The van der Waals surface area contributed by atoms with Gasteiger partial charge < -0.3 is 15.0 Å². The van der Waals surface area contributed by atoms with Crippen LogP contribution >= 0.6 is 0 Å². The van der Waals surface area contributed by atoms with Crippen LogP contribution in [0.2, 0.25) is 0 Å². The summed E-state index contributed by atoms with van der Waals surface area (Å²) in [7, 11) is 0. The predicted molar refractivity (Wildman–Crippen MR) is 126 cm³/mol. The van der Waals surface area contributed by atoms with Crippen LogP contribution in [0.5, 0.6) is 0 Å². The summed E-state index contributed by atoms with van der Waals surface area (Å²) in [4.78, 5) is 19.6. The van der Waals surface area contributed by atoms with E-state index in [9.17, 15) is 4.79 Å². The maximum absolute atomic E-state index is 12.5. The van der Waals surface area contributed by atoms with E-state index in [-0.39, 0.29) is 11.8 Å². The normalized spacial score (nSPS) is 19.2. The van der Waals surface area contributed by atoms with Crippen molar-refractivity contribution in [3.63, 3.8) is 0 Å².